The molecule has 2 aromatic rings. The van der Waals surface area contributed by atoms with Crippen molar-refractivity contribution in [2.75, 3.05) is 27.9 Å². The number of allylic oxidation sites excluding steroid dienone is 1. The molecule has 2 atom stereocenters. The number of rotatable bonds is 10. The van der Waals surface area contributed by atoms with Crippen LogP contribution in [0.1, 0.15) is 17.2 Å². The number of phenols is 1. The molecule has 0 aromatic heterocycles. The number of aldehydes is 1. The van der Waals surface area contributed by atoms with Gasteiger partial charge in [0.25, 0.3) is 0 Å². The number of phenolic OH excluding ortho intramolecular Hbond substituents is 1. The van der Waals surface area contributed by atoms with Crippen LogP contribution >= 0.6 is 0 Å². The van der Waals surface area contributed by atoms with E-state index >= 15 is 0 Å². The second-order valence-electron chi connectivity index (χ2n) is 5.96. The molecular weight excluding hydrogens is 380 g/mol. The third kappa shape index (κ3) is 5.18. The van der Waals surface area contributed by atoms with Gasteiger partial charge in [0.05, 0.1) is 27.9 Å². The number of hydrogen-bond acceptors (Lipinski definition) is 8. The van der Waals surface area contributed by atoms with Gasteiger partial charge in [-0.15, -0.1) is 0 Å². The number of benzene rings is 2. The van der Waals surface area contributed by atoms with Crippen molar-refractivity contribution in [3.05, 3.63) is 47.5 Å². The summed E-state index contributed by atoms with van der Waals surface area (Å²) in [4.78, 5) is 10.6. The molecular formula is C21H24O8. The Morgan fingerprint density at radius 1 is 1.00 bits per heavy atom. The van der Waals surface area contributed by atoms with Crippen molar-refractivity contribution in [3.8, 4) is 28.7 Å². The van der Waals surface area contributed by atoms with E-state index in [1.54, 1.807) is 18.2 Å². The molecule has 0 radical (unpaired) electrons. The summed E-state index contributed by atoms with van der Waals surface area (Å²) < 4.78 is 21.6. The van der Waals surface area contributed by atoms with Gasteiger partial charge in [-0.3, -0.25) is 4.79 Å². The van der Waals surface area contributed by atoms with Crippen LogP contribution in [0, 0.1) is 0 Å². The Hall–Kier alpha value is -3.23. The topological polar surface area (TPSA) is 115 Å². The Labute approximate surface area is 168 Å². The molecule has 3 N–H and O–H groups in total. The Bertz CT molecular complexity index is 837. The van der Waals surface area contributed by atoms with Gasteiger partial charge in [-0.05, 0) is 41.5 Å². The maximum absolute atomic E-state index is 10.7. The molecule has 156 valence electrons. The monoisotopic (exact) mass is 404 g/mol. The number of aromatic hydroxyl groups is 1. The van der Waals surface area contributed by atoms with Crippen molar-refractivity contribution < 1.29 is 39.1 Å². The highest BCUT2D eigenvalue weighted by atomic mass is 16.6. The molecule has 8 heteroatoms. The molecule has 0 aliphatic heterocycles. The van der Waals surface area contributed by atoms with Gasteiger partial charge in [0.1, 0.15) is 12.4 Å². The van der Waals surface area contributed by atoms with Gasteiger partial charge in [0, 0.05) is 0 Å². The molecule has 0 amide bonds. The molecule has 0 saturated heterocycles. The molecule has 2 rings (SSSR count). The van der Waals surface area contributed by atoms with Crippen LogP contribution < -0.4 is 18.9 Å². The summed E-state index contributed by atoms with van der Waals surface area (Å²) in [6.45, 7) is -0.510. The lowest BCUT2D eigenvalue weighted by atomic mass is 10.0. The van der Waals surface area contributed by atoms with Crippen LogP contribution in [0.4, 0.5) is 0 Å². The number of aliphatic hydroxyl groups excluding tert-OH is 2. The predicted molar refractivity (Wildman–Crippen MR) is 106 cm³/mol. The molecule has 29 heavy (non-hydrogen) atoms. The van der Waals surface area contributed by atoms with Crippen molar-refractivity contribution in [1.82, 2.24) is 0 Å². The van der Waals surface area contributed by atoms with E-state index < -0.39 is 18.8 Å². The first-order valence-corrected chi connectivity index (χ1v) is 8.69. The fourth-order valence-corrected chi connectivity index (χ4v) is 2.71. The lowest BCUT2D eigenvalue weighted by Gasteiger charge is -2.25. The zero-order valence-electron chi connectivity index (χ0n) is 16.4. The smallest absolute Gasteiger partial charge is 0.204 e. The zero-order valence-corrected chi connectivity index (χ0v) is 16.4. The van der Waals surface area contributed by atoms with Crippen LogP contribution in [0.15, 0.2) is 36.4 Å². The highest BCUT2D eigenvalue weighted by Crippen LogP contribution is 2.41. The molecule has 2 aromatic carbocycles. The average Bonchev–Trinajstić information content (AvgIpc) is 2.75. The molecule has 0 saturated carbocycles. The summed E-state index contributed by atoms with van der Waals surface area (Å²) in [6, 6.07) is 7.58. The number of methoxy groups -OCH3 is 3. The Kier molecular flexibility index (Phi) is 7.88. The van der Waals surface area contributed by atoms with Crippen molar-refractivity contribution in [2.24, 2.45) is 0 Å². The van der Waals surface area contributed by atoms with E-state index in [4.69, 9.17) is 18.9 Å². The largest absolute Gasteiger partial charge is 0.504 e. The van der Waals surface area contributed by atoms with E-state index in [-0.39, 0.29) is 17.2 Å². The van der Waals surface area contributed by atoms with E-state index in [0.29, 0.717) is 28.9 Å². The quantitative estimate of drug-likeness (QED) is 0.407. The molecule has 0 unspecified atom stereocenters. The van der Waals surface area contributed by atoms with Gasteiger partial charge >= 0.3 is 0 Å². The van der Waals surface area contributed by atoms with Crippen LogP contribution in [-0.2, 0) is 4.79 Å². The summed E-state index contributed by atoms with van der Waals surface area (Å²) in [5.74, 6) is 0.877. The van der Waals surface area contributed by atoms with Gasteiger partial charge in [0.2, 0.25) is 5.75 Å². The number of aliphatic hydroxyl groups is 2. The molecule has 0 fully saturated rings. The normalized spacial score (nSPS) is 13.0. The second kappa shape index (κ2) is 10.4. The molecule has 0 aliphatic rings. The number of hydrogen-bond donors (Lipinski definition) is 3. The minimum atomic E-state index is -1.24. The van der Waals surface area contributed by atoms with Crippen LogP contribution in [0.5, 0.6) is 28.7 Å². The van der Waals surface area contributed by atoms with E-state index in [1.807, 2.05) is 0 Å². The highest BCUT2D eigenvalue weighted by Gasteiger charge is 2.26. The number of ether oxygens (including phenoxy) is 4. The molecule has 0 spiro atoms. The zero-order chi connectivity index (χ0) is 21.4. The maximum atomic E-state index is 10.7. The molecule has 0 heterocycles. The third-order valence-corrected chi connectivity index (χ3v) is 4.20. The van der Waals surface area contributed by atoms with Gasteiger partial charge in [-0.25, -0.2) is 0 Å². The minimum absolute atomic E-state index is 0.0766. The van der Waals surface area contributed by atoms with E-state index in [9.17, 15) is 20.1 Å². The van der Waals surface area contributed by atoms with Gasteiger partial charge < -0.3 is 34.3 Å². The Balaban J connectivity index is 2.38. The van der Waals surface area contributed by atoms with E-state index in [1.165, 1.54) is 45.6 Å². The molecule has 0 aliphatic carbocycles. The molecule has 0 bridgehead atoms. The summed E-state index contributed by atoms with van der Waals surface area (Å²) >= 11 is 0. The minimum Gasteiger partial charge on any atom is -0.504 e. The summed E-state index contributed by atoms with van der Waals surface area (Å²) in [5.41, 5.74) is 1.02. The lowest BCUT2D eigenvalue weighted by molar-refractivity contribution is -0.104. The maximum Gasteiger partial charge on any atom is 0.204 e. The first-order valence-electron chi connectivity index (χ1n) is 8.69. The Morgan fingerprint density at radius 2 is 1.62 bits per heavy atom. The highest BCUT2D eigenvalue weighted by molar-refractivity contribution is 5.75. The van der Waals surface area contributed by atoms with Crippen LogP contribution in [0.3, 0.4) is 0 Å². The van der Waals surface area contributed by atoms with Crippen molar-refractivity contribution in [3.63, 3.8) is 0 Å². The predicted octanol–water partition coefficient (Wildman–Crippen LogP) is 2.10. The van der Waals surface area contributed by atoms with Gasteiger partial charge in [-0.2, -0.15) is 0 Å². The summed E-state index contributed by atoms with van der Waals surface area (Å²) in [7, 11) is 4.26. The standard InChI is InChI=1S/C21H24O8/c1-26-16-11-14(6-7-15(16)24)20(25)19(12-23)29-21-17(27-2)9-13(5-4-8-22)10-18(21)28-3/h4-11,19-20,23-25H,12H2,1-3H3/t19-,20+/m0/s1. The second-order valence-corrected chi connectivity index (χ2v) is 5.96. The van der Waals surface area contributed by atoms with Crippen LogP contribution in [0.2, 0.25) is 0 Å². The Morgan fingerprint density at radius 3 is 2.14 bits per heavy atom. The van der Waals surface area contributed by atoms with Gasteiger partial charge in [-0.1, -0.05) is 12.1 Å². The van der Waals surface area contributed by atoms with E-state index in [2.05, 4.69) is 0 Å². The van der Waals surface area contributed by atoms with E-state index in [0.717, 1.165) is 0 Å². The fraction of sp³-hybridized carbons (Fsp3) is 0.286. The van der Waals surface area contributed by atoms with Crippen molar-refractivity contribution in [1.29, 1.82) is 0 Å². The van der Waals surface area contributed by atoms with Crippen molar-refractivity contribution >= 4 is 12.4 Å². The number of carbonyl (C=O) groups is 1. The van der Waals surface area contributed by atoms with Crippen LogP contribution in [0.25, 0.3) is 6.08 Å². The lowest BCUT2D eigenvalue weighted by Crippen LogP contribution is -2.29. The summed E-state index contributed by atoms with van der Waals surface area (Å²) in [5, 5.41) is 30.2. The average molecular weight is 404 g/mol. The first-order chi connectivity index (χ1) is 14.0. The summed E-state index contributed by atoms with van der Waals surface area (Å²) in [6.07, 6.45) is 1.24. The van der Waals surface area contributed by atoms with Crippen molar-refractivity contribution in [2.45, 2.75) is 12.2 Å². The molecule has 8 nitrogen and oxygen atoms in total. The fourth-order valence-electron chi connectivity index (χ4n) is 2.71. The van der Waals surface area contributed by atoms with Crippen LogP contribution in [-0.4, -0.2) is 55.6 Å². The first kappa shape index (κ1) is 22.1. The number of carbonyl (C=O) groups excluding carboxylic acids is 1. The van der Waals surface area contributed by atoms with Gasteiger partial charge in [0.15, 0.2) is 29.1 Å². The SMILES string of the molecule is COc1cc([C@@H](O)[C@H](CO)Oc2c(OC)cc(C=CC=O)cc2OC)ccc1O. The third-order valence-electron chi connectivity index (χ3n) is 4.20.